The van der Waals surface area contributed by atoms with E-state index in [1.807, 2.05) is 37.3 Å². The predicted octanol–water partition coefficient (Wildman–Crippen LogP) is 3.10. The van der Waals surface area contributed by atoms with E-state index in [9.17, 15) is 4.79 Å². The van der Waals surface area contributed by atoms with E-state index in [0.29, 0.717) is 12.3 Å². The van der Waals surface area contributed by atoms with Crippen LogP contribution in [0.4, 0.5) is 10.5 Å². The number of benzene rings is 1. The molecular formula is C15H18N2O3. The molecule has 0 aliphatic rings. The molecule has 1 aromatic carbocycles. The van der Waals surface area contributed by atoms with Gasteiger partial charge in [0.05, 0.1) is 12.8 Å². The van der Waals surface area contributed by atoms with Crippen molar-refractivity contribution in [2.75, 3.05) is 19.0 Å². The van der Waals surface area contributed by atoms with Crippen molar-refractivity contribution in [1.29, 1.82) is 0 Å². The number of carbonyl (C=O) groups excluding carboxylic acids is 1. The van der Waals surface area contributed by atoms with Gasteiger partial charge >= 0.3 is 6.03 Å². The molecule has 0 radical (unpaired) electrons. The topological polar surface area (TPSA) is 63.5 Å². The molecule has 5 nitrogen and oxygen atoms in total. The predicted molar refractivity (Wildman–Crippen MR) is 76.7 cm³/mol. The summed E-state index contributed by atoms with van der Waals surface area (Å²) in [7, 11) is 1.58. The van der Waals surface area contributed by atoms with Gasteiger partial charge in [-0.3, -0.25) is 0 Å². The fourth-order valence-electron chi connectivity index (χ4n) is 1.84. The van der Waals surface area contributed by atoms with Crippen LogP contribution in [0.5, 0.6) is 0 Å². The van der Waals surface area contributed by atoms with Gasteiger partial charge in [0.2, 0.25) is 0 Å². The molecule has 2 amide bonds. The first kappa shape index (κ1) is 14.1. The van der Waals surface area contributed by atoms with Crippen molar-refractivity contribution >= 4 is 11.7 Å². The lowest BCUT2D eigenvalue weighted by molar-refractivity contribution is 0.0855. The Kier molecular flexibility index (Phi) is 4.79. The number of nitrogens with one attached hydrogen (secondary N) is 2. The Labute approximate surface area is 117 Å². The van der Waals surface area contributed by atoms with Crippen molar-refractivity contribution < 1.29 is 13.9 Å². The molecule has 1 atom stereocenters. The lowest BCUT2D eigenvalue weighted by atomic mass is 10.2. The third kappa shape index (κ3) is 3.61. The third-order valence-electron chi connectivity index (χ3n) is 2.99. The van der Waals surface area contributed by atoms with Gasteiger partial charge in [-0.1, -0.05) is 18.2 Å². The zero-order chi connectivity index (χ0) is 14.4. The summed E-state index contributed by atoms with van der Waals surface area (Å²) in [6.45, 7) is 2.28. The molecule has 1 aromatic heterocycles. The smallest absolute Gasteiger partial charge is 0.319 e. The second-order valence-corrected chi connectivity index (χ2v) is 4.39. The second-order valence-electron chi connectivity index (χ2n) is 4.39. The van der Waals surface area contributed by atoms with Crippen LogP contribution in [0.2, 0.25) is 0 Å². The maximum atomic E-state index is 11.8. The Morgan fingerprint density at radius 2 is 2.10 bits per heavy atom. The first-order valence-electron chi connectivity index (χ1n) is 6.37. The van der Waals surface area contributed by atoms with Crippen molar-refractivity contribution in [3.63, 3.8) is 0 Å². The quantitative estimate of drug-likeness (QED) is 0.880. The van der Waals surface area contributed by atoms with Crippen LogP contribution in [0.15, 0.2) is 47.1 Å². The van der Waals surface area contributed by atoms with E-state index in [2.05, 4.69) is 10.6 Å². The number of anilines is 1. The Hall–Kier alpha value is -2.27. The summed E-state index contributed by atoms with van der Waals surface area (Å²) in [6, 6.07) is 10.9. The van der Waals surface area contributed by atoms with Gasteiger partial charge in [-0.2, -0.15) is 0 Å². The average Bonchev–Trinajstić information content (AvgIpc) is 2.96. The molecule has 0 aliphatic carbocycles. The number of methoxy groups -OCH3 is 1. The number of hydrogen-bond acceptors (Lipinski definition) is 3. The number of carbonyl (C=O) groups is 1. The summed E-state index contributed by atoms with van der Waals surface area (Å²) < 4.78 is 10.5. The minimum Gasteiger partial charge on any atom is -0.467 e. The van der Waals surface area contributed by atoms with Crippen molar-refractivity contribution in [2.45, 2.75) is 13.0 Å². The molecule has 0 spiro atoms. The highest BCUT2D eigenvalue weighted by Crippen LogP contribution is 2.16. The molecule has 0 unspecified atom stereocenters. The minimum atomic E-state index is -0.298. The normalized spacial score (nSPS) is 11.9. The van der Waals surface area contributed by atoms with E-state index in [-0.39, 0.29) is 12.1 Å². The molecule has 0 bridgehead atoms. The Morgan fingerprint density at radius 1 is 1.30 bits per heavy atom. The molecular weight excluding hydrogens is 256 g/mol. The molecule has 2 aromatic rings. The van der Waals surface area contributed by atoms with Crippen LogP contribution in [0.25, 0.3) is 0 Å². The molecule has 0 saturated heterocycles. The standard InChI is InChI=1S/C15H18N2O3/c1-11-6-3-4-7-12(11)17-15(18)16-10-14(19-2)13-8-5-9-20-13/h3-9,14H,10H2,1-2H3,(H2,16,17,18)/t14-/m1/s1. The Bertz CT molecular complexity index is 552. The van der Waals surface area contributed by atoms with Crippen LogP contribution in [0, 0.1) is 6.92 Å². The van der Waals surface area contributed by atoms with E-state index in [1.165, 1.54) is 0 Å². The number of ether oxygens (including phenoxy) is 1. The van der Waals surface area contributed by atoms with Crippen molar-refractivity contribution in [1.82, 2.24) is 5.32 Å². The van der Waals surface area contributed by atoms with Crippen molar-refractivity contribution in [3.05, 3.63) is 54.0 Å². The van der Waals surface area contributed by atoms with Gasteiger partial charge in [-0.05, 0) is 30.7 Å². The van der Waals surface area contributed by atoms with Crippen LogP contribution in [0.3, 0.4) is 0 Å². The van der Waals surface area contributed by atoms with Gasteiger partial charge in [-0.25, -0.2) is 4.79 Å². The fraction of sp³-hybridized carbons (Fsp3) is 0.267. The van der Waals surface area contributed by atoms with Gasteiger partial charge < -0.3 is 19.8 Å². The van der Waals surface area contributed by atoms with Gasteiger partial charge in [0.1, 0.15) is 11.9 Å². The number of hydrogen-bond donors (Lipinski definition) is 2. The minimum absolute atomic E-state index is 0.270. The molecule has 0 fully saturated rings. The largest absolute Gasteiger partial charge is 0.467 e. The SMILES string of the molecule is CO[C@H](CNC(=O)Nc1ccccc1C)c1ccco1. The monoisotopic (exact) mass is 274 g/mol. The van der Waals surface area contributed by atoms with Gasteiger partial charge in [0, 0.05) is 12.8 Å². The van der Waals surface area contributed by atoms with E-state index >= 15 is 0 Å². The molecule has 1 heterocycles. The van der Waals surface area contributed by atoms with Crippen LogP contribution < -0.4 is 10.6 Å². The highest BCUT2D eigenvalue weighted by molar-refractivity contribution is 5.90. The maximum Gasteiger partial charge on any atom is 0.319 e. The zero-order valence-electron chi connectivity index (χ0n) is 11.6. The fourth-order valence-corrected chi connectivity index (χ4v) is 1.84. The summed E-state index contributed by atoms with van der Waals surface area (Å²) >= 11 is 0. The van der Waals surface area contributed by atoms with E-state index in [1.54, 1.807) is 19.4 Å². The van der Waals surface area contributed by atoms with E-state index in [0.717, 1.165) is 11.3 Å². The van der Waals surface area contributed by atoms with Crippen LogP contribution >= 0.6 is 0 Å². The lowest BCUT2D eigenvalue weighted by Crippen LogP contribution is -2.33. The summed E-state index contributed by atoms with van der Waals surface area (Å²) in [6.07, 6.45) is 1.28. The van der Waals surface area contributed by atoms with Gasteiger partial charge in [0.15, 0.2) is 0 Å². The Balaban J connectivity index is 1.87. The molecule has 5 heteroatoms. The number of para-hydroxylation sites is 1. The first-order chi connectivity index (χ1) is 9.70. The van der Waals surface area contributed by atoms with E-state index < -0.39 is 0 Å². The molecule has 0 aliphatic heterocycles. The molecule has 106 valence electrons. The second kappa shape index (κ2) is 6.77. The molecule has 0 saturated carbocycles. The molecule has 2 rings (SSSR count). The number of urea groups is 1. The zero-order valence-corrected chi connectivity index (χ0v) is 11.6. The van der Waals surface area contributed by atoms with Crippen molar-refractivity contribution in [3.8, 4) is 0 Å². The van der Waals surface area contributed by atoms with E-state index in [4.69, 9.17) is 9.15 Å². The van der Waals surface area contributed by atoms with Crippen LogP contribution in [0.1, 0.15) is 17.4 Å². The van der Waals surface area contributed by atoms with Crippen LogP contribution in [-0.4, -0.2) is 19.7 Å². The van der Waals surface area contributed by atoms with Crippen LogP contribution in [-0.2, 0) is 4.74 Å². The highest BCUT2D eigenvalue weighted by atomic mass is 16.5. The summed E-state index contributed by atoms with van der Waals surface area (Å²) in [5, 5.41) is 5.56. The lowest BCUT2D eigenvalue weighted by Gasteiger charge is -2.14. The average molecular weight is 274 g/mol. The first-order valence-corrected chi connectivity index (χ1v) is 6.37. The molecule has 2 N–H and O–H groups in total. The third-order valence-corrected chi connectivity index (χ3v) is 2.99. The highest BCUT2D eigenvalue weighted by Gasteiger charge is 2.14. The number of rotatable bonds is 5. The summed E-state index contributed by atoms with van der Waals surface area (Å²) in [4.78, 5) is 11.8. The number of aryl methyl sites for hydroxylation is 1. The van der Waals surface area contributed by atoms with Crippen molar-refractivity contribution in [2.24, 2.45) is 0 Å². The van der Waals surface area contributed by atoms with Gasteiger partial charge in [0.25, 0.3) is 0 Å². The number of furan rings is 1. The van der Waals surface area contributed by atoms with Gasteiger partial charge in [-0.15, -0.1) is 0 Å². The maximum absolute atomic E-state index is 11.8. The number of amides is 2. The molecule has 20 heavy (non-hydrogen) atoms. The summed E-state index contributed by atoms with van der Waals surface area (Å²) in [5.74, 6) is 0.684. The summed E-state index contributed by atoms with van der Waals surface area (Å²) in [5.41, 5.74) is 1.80. The Morgan fingerprint density at radius 3 is 2.75 bits per heavy atom.